The van der Waals surface area contributed by atoms with Crippen LogP contribution in [0.15, 0.2) is 28.7 Å². The summed E-state index contributed by atoms with van der Waals surface area (Å²) in [5, 5.41) is 2.83. The number of rotatable bonds is 9. The van der Waals surface area contributed by atoms with E-state index in [2.05, 4.69) is 26.0 Å². The minimum Gasteiger partial charge on any atom is -0.481 e. The van der Waals surface area contributed by atoms with E-state index in [1.54, 1.807) is 19.1 Å². The number of nitrogens with one attached hydrogen (secondary N) is 1. The lowest BCUT2D eigenvalue weighted by atomic mass is 10.2. The van der Waals surface area contributed by atoms with Crippen molar-refractivity contribution in [2.45, 2.75) is 38.7 Å². The van der Waals surface area contributed by atoms with Gasteiger partial charge in [0.25, 0.3) is 5.91 Å². The Kier molecular flexibility index (Phi) is 8.58. The van der Waals surface area contributed by atoms with Crippen molar-refractivity contribution in [2.24, 2.45) is 0 Å². The van der Waals surface area contributed by atoms with Crippen LogP contribution in [0.1, 0.15) is 32.6 Å². The first-order valence-electron chi connectivity index (χ1n) is 7.29. The summed E-state index contributed by atoms with van der Waals surface area (Å²) in [6, 6.07) is 7.34. The number of hydrogen-bond acceptors (Lipinski definition) is 4. The Morgan fingerprint density at radius 3 is 2.50 bits per heavy atom. The van der Waals surface area contributed by atoms with E-state index in [-0.39, 0.29) is 11.9 Å². The maximum Gasteiger partial charge on any atom is 0.305 e. The first kappa shape index (κ1) is 18.5. The molecule has 1 aromatic carbocycles. The number of amides is 1. The molecule has 6 heteroatoms. The van der Waals surface area contributed by atoms with Crippen LogP contribution in [-0.4, -0.2) is 31.6 Å². The van der Waals surface area contributed by atoms with Crippen molar-refractivity contribution >= 4 is 27.8 Å². The summed E-state index contributed by atoms with van der Waals surface area (Å²) in [5.41, 5.74) is 0. The molecule has 0 aliphatic carbocycles. The molecular weight excluding hydrogens is 350 g/mol. The molecule has 1 N–H and O–H groups in total. The molecule has 122 valence electrons. The zero-order valence-corrected chi connectivity index (χ0v) is 14.5. The molecule has 1 aromatic rings. The number of ether oxygens (including phenoxy) is 2. The minimum absolute atomic E-state index is 0.143. The maximum absolute atomic E-state index is 11.9. The third-order valence-electron chi connectivity index (χ3n) is 3.08. The molecule has 0 fully saturated rings. The first-order chi connectivity index (χ1) is 10.5. The van der Waals surface area contributed by atoms with Gasteiger partial charge in [-0.3, -0.25) is 9.59 Å². The number of carbonyl (C=O) groups excluding carboxylic acids is 2. The van der Waals surface area contributed by atoms with Crippen LogP contribution in [0.25, 0.3) is 0 Å². The Hall–Kier alpha value is -1.56. The fourth-order valence-corrected chi connectivity index (χ4v) is 2.06. The third-order valence-corrected chi connectivity index (χ3v) is 3.61. The predicted octanol–water partition coefficient (Wildman–Crippen LogP) is 3.07. The molecular formula is C16H22BrNO4. The lowest BCUT2D eigenvalue weighted by Gasteiger charge is -2.14. The highest BCUT2D eigenvalue weighted by Crippen LogP contribution is 2.17. The van der Waals surface area contributed by atoms with E-state index < -0.39 is 6.10 Å². The third kappa shape index (κ3) is 7.45. The number of carbonyl (C=O) groups is 2. The van der Waals surface area contributed by atoms with Crippen molar-refractivity contribution in [1.82, 2.24) is 5.32 Å². The van der Waals surface area contributed by atoms with Crippen molar-refractivity contribution < 1.29 is 19.1 Å². The Labute approximate surface area is 139 Å². The largest absolute Gasteiger partial charge is 0.481 e. The summed E-state index contributed by atoms with van der Waals surface area (Å²) in [6.07, 6.45) is 2.35. The molecule has 1 rings (SSSR count). The molecule has 0 saturated heterocycles. The summed E-state index contributed by atoms with van der Waals surface area (Å²) in [5.74, 6) is 0.320. The van der Waals surface area contributed by atoms with Crippen LogP contribution in [0.2, 0.25) is 0 Å². The second-order valence-electron chi connectivity index (χ2n) is 4.89. The molecule has 0 aliphatic heterocycles. The van der Waals surface area contributed by atoms with Gasteiger partial charge in [0.1, 0.15) is 5.75 Å². The number of hydrogen-bond donors (Lipinski definition) is 1. The lowest BCUT2D eigenvalue weighted by molar-refractivity contribution is -0.140. The Morgan fingerprint density at radius 1 is 1.18 bits per heavy atom. The van der Waals surface area contributed by atoms with Gasteiger partial charge in [-0.15, -0.1) is 0 Å². The number of methoxy groups -OCH3 is 1. The number of halogens is 1. The van der Waals surface area contributed by atoms with Gasteiger partial charge in [-0.05, 0) is 44.0 Å². The number of benzene rings is 1. The molecule has 0 bridgehead atoms. The van der Waals surface area contributed by atoms with Crippen LogP contribution in [-0.2, 0) is 14.3 Å². The van der Waals surface area contributed by atoms with Gasteiger partial charge in [0.15, 0.2) is 6.10 Å². The highest BCUT2D eigenvalue weighted by atomic mass is 79.9. The van der Waals surface area contributed by atoms with Gasteiger partial charge in [0, 0.05) is 17.4 Å². The second kappa shape index (κ2) is 10.2. The van der Waals surface area contributed by atoms with Crippen LogP contribution in [0.3, 0.4) is 0 Å². The van der Waals surface area contributed by atoms with E-state index in [0.29, 0.717) is 18.7 Å². The zero-order valence-electron chi connectivity index (χ0n) is 12.9. The summed E-state index contributed by atoms with van der Waals surface area (Å²) in [4.78, 5) is 22.8. The average molecular weight is 372 g/mol. The van der Waals surface area contributed by atoms with E-state index in [9.17, 15) is 9.59 Å². The smallest absolute Gasteiger partial charge is 0.305 e. The van der Waals surface area contributed by atoms with Crippen molar-refractivity contribution in [3.8, 4) is 5.75 Å². The SMILES string of the molecule is COC(=O)CCCCCNC(=O)C(C)Oc1ccc(Br)cc1. The molecule has 22 heavy (non-hydrogen) atoms. The highest BCUT2D eigenvalue weighted by Gasteiger charge is 2.13. The van der Waals surface area contributed by atoms with Crippen LogP contribution in [0.5, 0.6) is 5.75 Å². The number of unbranched alkanes of at least 4 members (excludes halogenated alkanes) is 2. The molecule has 1 atom stereocenters. The molecule has 0 heterocycles. The minimum atomic E-state index is -0.545. The van der Waals surface area contributed by atoms with E-state index >= 15 is 0 Å². The maximum atomic E-state index is 11.9. The fourth-order valence-electron chi connectivity index (χ4n) is 1.80. The van der Waals surface area contributed by atoms with Crippen molar-refractivity contribution in [3.63, 3.8) is 0 Å². The number of esters is 1. The van der Waals surface area contributed by atoms with Crippen LogP contribution in [0.4, 0.5) is 0 Å². The van der Waals surface area contributed by atoms with E-state index in [1.807, 2.05) is 12.1 Å². The normalized spacial score (nSPS) is 11.6. The van der Waals surface area contributed by atoms with Crippen LogP contribution < -0.4 is 10.1 Å². The molecule has 0 aliphatic rings. The Bertz CT molecular complexity index is 476. The molecule has 1 amide bonds. The molecule has 0 spiro atoms. The van der Waals surface area contributed by atoms with Crippen LogP contribution in [0, 0.1) is 0 Å². The average Bonchev–Trinajstić information content (AvgIpc) is 2.52. The van der Waals surface area contributed by atoms with Crippen molar-refractivity contribution in [1.29, 1.82) is 0 Å². The first-order valence-corrected chi connectivity index (χ1v) is 8.09. The Balaban J connectivity index is 2.16. The van der Waals surface area contributed by atoms with Crippen LogP contribution >= 0.6 is 15.9 Å². The fraction of sp³-hybridized carbons (Fsp3) is 0.500. The molecule has 0 saturated carbocycles. The van der Waals surface area contributed by atoms with Gasteiger partial charge < -0.3 is 14.8 Å². The van der Waals surface area contributed by atoms with Gasteiger partial charge >= 0.3 is 5.97 Å². The van der Waals surface area contributed by atoms with Gasteiger partial charge in [-0.25, -0.2) is 0 Å². The molecule has 5 nitrogen and oxygen atoms in total. The Morgan fingerprint density at radius 2 is 1.86 bits per heavy atom. The van der Waals surface area contributed by atoms with E-state index in [1.165, 1.54) is 7.11 Å². The molecule has 1 unspecified atom stereocenters. The van der Waals surface area contributed by atoms with Gasteiger partial charge in [0.05, 0.1) is 7.11 Å². The van der Waals surface area contributed by atoms with Gasteiger partial charge in [0.2, 0.25) is 0 Å². The highest BCUT2D eigenvalue weighted by molar-refractivity contribution is 9.10. The quantitative estimate of drug-likeness (QED) is 0.535. The second-order valence-corrected chi connectivity index (χ2v) is 5.81. The summed E-state index contributed by atoms with van der Waals surface area (Å²) in [7, 11) is 1.38. The monoisotopic (exact) mass is 371 g/mol. The van der Waals surface area contributed by atoms with E-state index in [4.69, 9.17) is 4.74 Å². The predicted molar refractivity (Wildman–Crippen MR) is 87.7 cm³/mol. The summed E-state index contributed by atoms with van der Waals surface area (Å²) < 4.78 is 11.1. The standard InChI is InChI=1S/C16H22BrNO4/c1-12(22-14-9-7-13(17)8-10-14)16(20)18-11-5-3-4-6-15(19)21-2/h7-10,12H,3-6,11H2,1-2H3,(H,18,20). The molecule has 0 radical (unpaired) electrons. The lowest BCUT2D eigenvalue weighted by Crippen LogP contribution is -2.36. The van der Waals surface area contributed by atoms with Crippen molar-refractivity contribution in [2.75, 3.05) is 13.7 Å². The van der Waals surface area contributed by atoms with E-state index in [0.717, 1.165) is 23.7 Å². The zero-order chi connectivity index (χ0) is 16.4. The summed E-state index contributed by atoms with van der Waals surface area (Å²) >= 11 is 3.35. The topological polar surface area (TPSA) is 64.6 Å². The van der Waals surface area contributed by atoms with Crippen molar-refractivity contribution in [3.05, 3.63) is 28.7 Å². The van der Waals surface area contributed by atoms with Gasteiger partial charge in [-0.1, -0.05) is 22.4 Å². The summed E-state index contributed by atoms with van der Waals surface area (Å²) in [6.45, 7) is 2.29. The molecule has 0 aromatic heterocycles. The van der Waals surface area contributed by atoms with Gasteiger partial charge in [-0.2, -0.15) is 0 Å².